The lowest BCUT2D eigenvalue weighted by molar-refractivity contribution is -0.126. The Morgan fingerprint density at radius 2 is 1.58 bits per heavy atom. The molecule has 6 heteroatoms. The monoisotopic (exact) mass is 375 g/mol. The Kier molecular flexibility index (Phi) is 5.41. The number of carbonyl (C=O) groups excluding carboxylic acids is 1. The number of halogens is 1. The highest BCUT2D eigenvalue weighted by molar-refractivity contribution is 7.89. The molecule has 1 amide bonds. The van der Waals surface area contributed by atoms with Gasteiger partial charge >= 0.3 is 0 Å². The van der Waals surface area contributed by atoms with Crippen LogP contribution in [0, 0.1) is 5.82 Å². The SMILES string of the molecule is O=C(NS(=O)(=O)Cc1ccc(F)cc1)C1(c2ccccc2)CCCCC1. The van der Waals surface area contributed by atoms with Crippen molar-refractivity contribution in [2.24, 2.45) is 0 Å². The molecular formula is C20H22FNO3S. The van der Waals surface area contributed by atoms with Crippen molar-refractivity contribution < 1.29 is 17.6 Å². The number of carbonyl (C=O) groups is 1. The van der Waals surface area contributed by atoms with Crippen LogP contribution in [0.2, 0.25) is 0 Å². The third-order valence-electron chi connectivity index (χ3n) is 4.99. The number of hydrogen-bond donors (Lipinski definition) is 1. The molecule has 26 heavy (non-hydrogen) atoms. The first kappa shape index (κ1) is 18.6. The van der Waals surface area contributed by atoms with Gasteiger partial charge in [0.05, 0.1) is 11.2 Å². The summed E-state index contributed by atoms with van der Waals surface area (Å²) >= 11 is 0. The fourth-order valence-electron chi connectivity index (χ4n) is 3.63. The highest BCUT2D eigenvalue weighted by Crippen LogP contribution is 2.39. The molecule has 138 valence electrons. The Morgan fingerprint density at radius 3 is 2.19 bits per heavy atom. The first-order valence-electron chi connectivity index (χ1n) is 8.76. The molecule has 4 nitrogen and oxygen atoms in total. The van der Waals surface area contributed by atoms with E-state index in [1.54, 1.807) is 0 Å². The summed E-state index contributed by atoms with van der Waals surface area (Å²) in [4.78, 5) is 13.0. The first-order chi connectivity index (χ1) is 12.4. The fraction of sp³-hybridized carbons (Fsp3) is 0.350. The van der Waals surface area contributed by atoms with Crippen molar-refractivity contribution in [3.8, 4) is 0 Å². The van der Waals surface area contributed by atoms with Gasteiger partial charge in [0.15, 0.2) is 0 Å². The molecule has 0 spiro atoms. The lowest BCUT2D eigenvalue weighted by Crippen LogP contribution is -2.48. The Labute approximate surface area is 153 Å². The summed E-state index contributed by atoms with van der Waals surface area (Å²) in [6.07, 6.45) is 4.09. The standard InChI is InChI=1S/C20H22FNO3S/c21-18-11-9-16(10-12-18)15-26(24,25)22-19(23)20(13-5-2-6-14-20)17-7-3-1-4-8-17/h1,3-4,7-12H,2,5-6,13-15H2,(H,22,23). The second-order valence-corrected chi connectivity index (χ2v) is 8.55. The van der Waals surface area contributed by atoms with Crippen molar-refractivity contribution in [1.29, 1.82) is 0 Å². The summed E-state index contributed by atoms with van der Waals surface area (Å²) in [5.74, 6) is -1.25. The van der Waals surface area contributed by atoms with Crippen molar-refractivity contribution >= 4 is 15.9 Å². The van der Waals surface area contributed by atoms with Gasteiger partial charge in [-0.2, -0.15) is 0 Å². The molecule has 0 aromatic heterocycles. The molecule has 0 unspecified atom stereocenters. The molecule has 1 N–H and O–H groups in total. The lowest BCUT2D eigenvalue weighted by Gasteiger charge is -2.36. The summed E-state index contributed by atoms with van der Waals surface area (Å²) in [6, 6.07) is 14.6. The molecule has 1 fully saturated rings. The summed E-state index contributed by atoms with van der Waals surface area (Å²) < 4.78 is 40.2. The van der Waals surface area contributed by atoms with Gasteiger partial charge in [-0.15, -0.1) is 0 Å². The zero-order chi connectivity index (χ0) is 18.6. The quantitative estimate of drug-likeness (QED) is 0.867. The smallest absolute Gasteiger partial charge is 0.244 e. The van der Waals surface area contributed by atoms with Crippen LogP contribution >= 0.6 is 0 Å². The average molecular weight is 375 g/mol. The Hall–Kier alpha value is -2.21. The number of amides is 1. The van der Waals surface area contributed by atoms with Crippen LogP contribution in [0.1, 0.15) is 43.2 Å². The van der Waals surface area contributed by atoms with E-state index in [0.29, 0.717) is 18.4 Å². The van der Waals surface area contributed by atoms with Crippen LogP contribution in [-0.2, 0) is 26.0 Å². The molecule has 2 aromatic rings. The average Bonchev–Trinajstić information content (AvgIpc) is 2.64. The third kappa shape index (κ3) is 4.12. The zero-order valence-corrected chi connectivity index (χ0v) is 15.3. The zero-order valence-electron chi connectivity index (χ0n) is 14.4. The maximum absolute atomic E-state index is 13.0. The van der Waals surface area contributed by atoms with Crippen molar-refractivity contribution in [1.82, 2.24) is 4.72 Å². The molecule has 0 radical (unpaired) electrons. The topological polar surface area (TPSA) is 63.2 Å². The predicted octanol–water partition coefficient (Wildman–Crippen LogP) is 3.67. The molecule has 1 aliphatic rings. The second-order valence-electron chi connectivity index (χ2n) is 6.83. The second kappa shape index (κ2) is 7.58. The van der Waals surface area contributed by atoms with Crippen molar-refractivity contribution in [2.75, 3.05) is 0 Å². The predicted molar refractivity (Wildman–Crippen MR) is 98.4 cm³/mol. The van der Waals surface area contributed by atoms with E-state index in [4.69, 9.17) is 0 Å². The first-order valence-corrected chi connectivity index (χ1v) is 10.4. The highest BCUT2D eigenvalue weighted by atomic mass is 32.2. The van der Waals surface area contributed by atoms with E-state index < -0.39 is 27.2 Å². The van der Waals surface area contributed by atoms with Crippen LogP contribution in [0.4, 0.5) is 4.39 Å². The maximum Gasteiger partial charge on any atom is 0.244 e. The molecule has 0 atom stereocenters. The summed E-state index contributed by atoms with van der Waals surface area (Å²) in [7, 11) is -3.86. The molecule has 0 heterocycles. The van der Waals surface area contributed by atoms with Crippen molar-refractivity contribution in [3.05, 3.63) is 71.5 Å². The van der Waals surface area contributed by atoms with E-state index in [9.17, 15) is 17.6 Å². The van der Waals surface area contributed by atoms with Gasteiger partial charge in [0.25, 0.3) is 0 Å². The van der Waals surface area contributed by atoms with E-state index >= 15 is 0 Å². The molecule has 1 aliphatic carbocycles. The maximum atomic E-state index is 13.0. The van der Waals surface area contributed by atoms with E-state index in [1.165, 1.54) is 24.3 Å². The highest BCUT2D eigenvalue weighted by Gasteiger charge is 2.42. The lowest BCUT2D eigenvalue weighted by atomic mass is 9.69. The minimum Gasteiger partial charge on any atom is -0.273 e. The fourth-order valence-corrected chi connectivity index (χ4v) is 4.82. The number of benzene rings is 2. The van der Waals surface area contributed by atoms with Crippen LogP contribution in [0.3, 0.4) is 0 Å². The third-order valence-corrected chi connectivity index (χ3v) is 6.20. The largest absolute Gasteiger partial charge is 0.273 e. The summed E-state index contributed by atoms with van der Waals surface area (Å²) in [5, 5.41) is 0. The molecule has 3 rings (SSSR count). The van der Waals surface area contributed by atoms with Gasteiger partial charge in [0.2, 0.25) is 15.9 Å². The van der Waals surface area contributed by atoms with Crippen LogP contribution < -0.4 is 4.72 Å². The Morgan fingerprint density at radius 1 is 0.962 bits per heavy atom. The van der Waals surface area contributed by atoms with E-state index in [1.807, 2.05) is 30.3 Å². The number of nitrogens with one attached hydrogen (secondary N) is 1. The molecule has 1 saturated carbocycles. The minimum atomic E-state index is -3.86. The van der Waals surface area contributed by atoms with Gasteiger partial charge in [-0.25, -0.2) is 12.8 Å². The van der Waals surface area contributed by atoms with Gasteiger partial charge in [0.1, 0.15) is 5.82 Å². The van der Waals surface area contributed by atoms with Crippen LogP contribution in [-0.4, -0.2) is 14.3 Å². The molecule has 0 aliphatic heterocycles. The minimum absolute atomic E-state index is 0.357. The van der Waals surface area contributed by atoms with Crippen LogP contribution in [0.15, 0.2) is 54.6 Å². The van der Waals surface area contributed by atoms with Gasteiger partial charge in [-0.1, -0.05) is 61.7 Å². The van der Waals surface area contributed by atoms with Crippen molar-refractivity contribution in [3.63, 3.8) is 0 Å². The Bertz CT molecular complexity index is 858. The molecule has 0 saturated heterocycles. The Balaban J connectivity index is 1.82. The molecule has 2 aromatic carbocycles. The number of hydrogen-bond acceptors (Lipinski definition) is 3. The summed E-state index contributed by atoms with van der Waals surface area (Å²) in [6.45, 7) is 0. The molecular weight excluding hydrogens is 353 g/mol. The van der Waals surface area contributed by atoms with E-state index in [0.717, 1.165) is 24.8 Å². The molecule has 0 bridgehead atoms. The van der Waals surface area contributed by atoms with Gasteiger partial charge in [0, 0.05) is 0 Å². The van der Waals surface area contributed by atoms with Gasteiger partial charge < -0.3 is 0 Å². The normalized spacial score (nSPS) is 16.8. The van der Waals surface area contributed by atoms with Crippen LogP contribution in [0.5, 0.6) is 0 Å². The number of rotatable bonds is 5. The van der Waals surface area contributed by atoms with Crippen molar-refractivity contribution in [2.45, 2.75) is 43.3 Å². The van der Waals surface area contributed by atoms with Gasteiger partial charge in [-0.05, 0) is 36.1 Å². The summed E-state index contributed by atoms with van der Waals surface area (Å²) in [5.41, 5.74) is 0.480. The number of sulfonamides is 1. The van der Waals surface area contributed by atoms with Crippen LogP contribution in [0.25, 0.3) is 0 Å². The van der Waals surface area contributed by atoms with E-state index in [-0.39, 0.29) is 5.75 Å². The van der Waals surface area contributed by atoms with E-state index in [2.05, 4.69) is 4.72 Å². The van der Waals surface area contributed by atoms with Gasteiger partial charge in [-0.3, -0.25) is 9.52 Å².